The predicted molar refractivity (Wildman–Crippen MR) is 93.9 cm³/mol. The van der Waals surface area contributed by atoms with Crippen molar-refractivity contribution < 1.29 is 9.53 Å². The van der Waals surface area contributed by atoms with E-state index in [0.29, 0.717) is 11.3 Å². The molecule has 0 fully saturated rings. The first-order chi connectivity index (χ1) is 11.9. The summed E-state index contributed by atoms with van der Waals surface area (Å²) in [6.07, 6.45) is 1.80. The molecule has 0 amide bonds. The third kappa shape index (κ3) is 3.85. The molecule has 3 heterocycles. The van der Waals surface area contributed by atoms with Crippen LogP contribution in [-0.4, -0.2) is 19.9 Å². The molecule has 0 aromatic carbocycles. The topological polar surface area (TPSA) is 82.7 Å². The van der Waals surface area contributed by atoms with Gasteiger partial charge in [0.2, 0.25) is 0 Å². The molecule has 0 N–H and O–H groups in total. The van der Waals surface area contributed by atoms with Crippen LogP contribution in [-0.2, 0) is 22.7 Å². The third-order valence-corrected chi connectivity index (χ3v) is 4.64. The molecule has 0 unspecified atom stereocenters. The Hall–Kier alpha value is -2.74. The lowest BCUT2D eigenvalue weighted by Crippen LogP contribution is -2.19. The van der Waals surface area contributed by atoms with Crippen LogP contribution in [0, 0.1) is 13.8 Å². The van der Waals surface area contributed by atoms with E-state index in [1.807, 2.05) is 19.9 Å². The first kappa shape index (κ1) is 17.1. The van der Waals surface area contributed by atoms with Crippen LogP contribution in [0.4, 0.5) is 0 Å². The summed E-state index contributed by atoms with van der Waals surface area (Å²) in [5.41, 5.74) is 2.45. The van der Waals surface area contributed by atoms with E-state index in [0.717, 1.165) is 22.6 Å². The molecular weight excluding hydrogens is 342 g/mol. The number of carbonyl (C=O) groups excluding carboxylic acids is 1. The van der Waals surface area contributed by atoms with Gasteiger partial charge < -0.3 is 9.30 Å². The second-order valence-electron chi connectivity index (χ2n) is 5.73. The highest BCUT2D eigenvalue weighted by atomic mass is 32.1. The number of pyridine rings is 1. The fourth-order valence-electron chi connectivity index (χ4n) is 2.44. The Morgan fingerprint density at radius 1 is 1.28 bits per heavy atom. The summed E-state index contributed by atoms with van der Waals surface area (Å²) in [6.45, 7) is 3.91. The molecule has 0 aliphatic heterocycles. The molecule has 25 heavy (non-hydrogen) atoms. The molecule has 8 heteroatoms. The Balaban J connectivity index is 1.64. The normalized spacial score (nSPS) is 11.0. The molecule has 3 aromatic heterocycles. The van der Waals surface area contributed by atoms with E-state index >= 15 is 0 Å². The van der Waals surface area contributed by atoms with Crippen LogP contribution in [0.25, 0.3) is 5.65 Å². The van der Waals surface area contributed by atoms with Gasteiger partial charge in [-0.2, -0.15) is 0 Å². The zero-order chi connectivity index (χ0) is 18.0. The van der Waals surface area contributed by atoms with E-state index in [1.165, 1.54) is 15.0 Å². The maximum atomic E-state index is 12.1. The van der Waals surface area contributed by atoms with Gasteiger partial charge in [-0.3, -0.25) is 18.8 Å². The molecule has 0 bridgehead atoms. The number of ether oxygens (including phenoxy) is 1. The first-order valence-corrected chi connectivity index (χ1v) is 8.61. The minimum absolute atomic E-state index is 0.0734. The summed E-state index contributed by atoms with van der Waals surface area (Å²) < 4.78 is 8.16. The third-order valence-electron chi connectivity index (χ3n) is 3.76. The Labute approximate surface area is 147 Å². The van der Waals surface area contributed by atoms with Crippen molar-refractivity contribution in [3.8, 4) is 0 Å². The minimum Gasteiger partial charge on any atom is -0.459 e. The monoisotopic (exact) mass is 359 g/mol. The number of nitrogens with zero attached hydrogens (tertiary/aromatic N) is 3. The van der Waals surface area contributed by atoms with Gasteiger partial charge in [0, 0.05) is 29.9 Å². The fraction of sp³-hybridized carbons (Fsp3) is 0.294. The molecule has 0 saturated carbocycles. The molecule has 3 rings (SSSR count). The van der Waals surface area contributed by atoms with Crippen molar-refractivity contribution in [2.24, 2.45) is 0 Å². The van der Waals surface area contributed by atoms with Crippen LogP contribution >= 0.6 is 11.3 Å². The highest BCUT2D eigenvalue weighted by Crippen LogP contribution is 2.05. The van der Waals surface area contributed by atoms with Crippen LogP contribution in [0.2, 0.25) is 0 Å². The number of esters is 1. The Kier molecular flexibility index (Phi) is 4.80. The Morgan fingerprint density at radius 2 is 2.08 bits per heavy atom. The number of fused-ring (bicyclic) bond motifs is 1. The smallest absolute Gasteiger partial charge is 0.307 e. The van der Waals surface area contributed by atoms with E-state index in [4.69, 9.17) is 4.74 Å². The average molecular weight is 359 g/mol. The quantitative estimate of drug-likeness (QED) is 0.647. The van der Waals surface area contributed by atoms with Gasteiger partial charge in [0.15, 0.2) is 0 Å². The number of hydrogen-bond donors (Lipinski definition) is 0. The lowest BCUT2D eigenvalue weighted by molar-refractivity contribution is -0.145. The SMILES string of the molecule is Cc1ccc2nc(COC(=O)CCn3c(C)csc3=O)cc(=O)n2c1. The van der Waals surface area contributed by atoms with Crippen LogP contribution in [0.15, 0.2) is 39.4 Å². The number of hydrogen-bond acceptors (Lipinski definition) is 6. The lowest BCUT2D eigenvalue weighted by Gasteiger charge is -2.07. The average Bonchev–Trinajstić information content (AvgIpc) is 2.90. The van der Waals surface area contributed by atoms with Crippen molar-refractivity contribution in [1.29, 1.82) is 0 Å². The van der Waals surface area contributed by atoms with Gasteiger partial charge >= 0.3 is 10.8 Å². The zero-order valence-electron chi connectivity index (χ0n) is 13.9. The first-order valence-electron chi connectivity index (χ1n) is 7.73. The van der Waals surface area contributed by atoms with Gasteiger partial charge in [-0.15, -0.1) is 0 Å². The van der Waals surface area contributed by atoms with Gasteiger partial charge in [-0.25, -0.2) is 4.98 Å². The van der Waals surface area contributed by atoms with Crippen LogP contribution in [0.5, 0.6) is 0 Å². The van der Waals surface area contributed by atoms with Gasteiger partial charge in [0.05, 0.1) is 12.1 Å². The number of thiazole rings is 1. The number of rotatable bonds is 5. The van der Waals surface area contributed by atoms with Crippen molar-refractivity contribution >= 4 is 23.0 Å². The summed E-state index contributed by atoms with van der Waals surface area (Å²) >= 11 is 1.10. The van der Waals surface area contributed by atoms with Crippen LogP contribution < -0.4 is 10.4 Å². The summed E-state index contributed by atoms with van der Waals surface area (Å²) in [6, 6.07) is 4.96. The maximum absolute atomic E-state index is 12.1. The van der Waals surface area contributed by atoms with E-state index in [9.17, 15) is 14.4 Å². The number of aryl methyl sites for hydroxylation is 2. The van der Waals surface area contributed by atoms with E-state index in [1.54, 1.807) is 17.6 Å². The van der Waals surface area contributed by atoms with E-state index in [2.05, 4.69) is 4.98 Å². The molecule has 0 saturated heterocycles. The van der Waals surface area contributed by atoms with Crippen molar-refractivity contribution in [2.45, 2.75) is 33.4 Å². The van der Waals surface area contributed by atoms with Crippen molar-refractivity contribution in [2.75, 3.05) is 0 Å². The van der Waals surface area contributed by atoms with Crippen molar-refractivity contribution in [1.82, 2.24) is 14.0 Å². The van der Waals surface area contributed by atoms with Crippen LogP contribution in [0.1, 0.15) is 23.4 Å². The standard InChI is InChI=1S/C17H17N3O4S/c1-11-3-4-14-18-13(7-15(21)20(14)8-11)9-24-16(22)5-6-19-12(2)10-25-17(19)23/h3-4,7-8,10H,5-6,9H2,1-2H3. The maximum Gasteiger partial charge on any atom is 0.307 e. The second kappa shape index (κ2) is 7.02. The predicted octanol–water partition coefficient (Wildman–Crippen LogP) is 1.67. The zero-order valence-corrected chi connectivity index (χ0v) is 14.7. The molecule has 0 aliphatic rings. The van der Waals surface area contributed by atoms with E-state index < -0.39 is 5.97 Å². The lowest BCUT2D eigenvalue weighted by atomic mass is 10.3. The van der Waals surface area contributed by atoms with Crippen molar-refractivity contribution in [3.63, 3.8) is 0 Å². The second-order valence-corrected chi connectivity index (χ2v) is 6.55. The summed E-state index contributed by atoms with van der Waals surface area (Å²) in [7, 11) is 0. The summed E-state index contributed by atoms with van der Waals surface area (Å²) in [4.78, 5) is 39.8. The van der Waals surface area contributed by atoms with Gasteiger partial charge in [-0.05, 0) is 25.5 Å². The molecule has 7 nitrogen and oxygen atoms in total. The summed E-state index contributed by atoms with van der Waals surface area (Å²) in [5.74, 6) is -0.441. The van der Waals surface area contributed by atoms with Gasteiger partial charge in [0.25, 0.3) is 5.56 Å². The Morgan fingerprint density at radius 3 is 2.80 bits per heavy atom. The molecule has 3 aromatic rings. The number of carbonyl (C=O) groups is 1. The van der Waals surface area contributed by atoms with Gasteiger partial charge in [-0.1, -0.05) is 17.4 Å². The summed E-state index contributed by atoms with van der Waals surface area (Å²) in [5, 5.41) is 1.75. The molecule has 130 valence electrons. The largest absolute Gasteiger partial charge is 0.459 e. The van der Waals surface area contributed by atoms with Gasteiger partial charge in [0.1, 0.15) is 12.3 Å². The molecular formula is C17H17N3O4S. The highest BCUT2D eigenvalue weighted by molar-refractivity contribution is 7.07. The minimum atomic E-state index is -0.441. The highest BCUT2D eigenvalue weighted by Gasteiger charge is 2.09. The Bertz CT molecular complexity index is 1050. The van der Waals surface area contributed by atoms with E-state index in [-0.39, 0.29) is 30.0 Å². The molecule has 0 atom stereocenters. The van der Waals surface area contributed by atoms with Crippen LogP contribution in [0.3, 0.4) is 0 Å². The molecule has 0 aliphatic carbocycles. The fourth-order valence-corrected chi connectivity index (χ4v) is 3.20. The molecule has 0 radical (unpaired) electrons. The molecule has 0 spiro atoms. The van der Waals surface area contributed by atoms with Crippen molar-refractivity contribution in [3.05, 3.63) is 66.7 Å². The number of aromatic nitrogens is 3.